The zero-order chi connectivity index (χ0) is 20.0. The Morgan fingerprint density at radius 1 is 1.22 bits per heavy atom. The van der Waals surface area contributed by atoms with Crippen LogP contribution in [0.1, 0.15) is 19.4 Å². The van der Waals surface area contributed by atoms with E-state index in [1.165, 1.54) is 7.11 Å². The number of benzene rings is 1. The molecule has 5 N–H and O–H groups in total. The number of para-hydroxylation sites is 1. The van der Waals surface area contributed by atoms with Crippen LogP contribution in [0.4, 0.5) is 0 Å². The Kier molecular flexibility index (Phi) is 6.95. The number of ether oxygens (including phenoxy) is 1. The van der Waals surface area contributed by atoms with Crippen molar-refractivity contribution >= 4 is 28.7 Å². The lowest BCUT2D eigenvalue weighted by Crippen LogP contribution is -2.50. The van der Waals surface area contributed by atoms with E-state index in [9.17, 15) is 14.4 Å². The van der Waals surface area contributed by atoms with Crippen molar-refractivity contribution in [1.82, 2.24) is 15.6 Å². The summed E-state index contributed by atoms with van der Waals surface area (Å²) >= 11 is 0. The number of hydrogen-bond donors (Lipinski definition) is 4. The molecule has 2 amide bonds. The Morgan fingerprint density at radius 3 is 2.59 bits per heavy atom. The summed E-state index contributed by atoms with van der Waals surface area (Å²) < 4.78 is 4.67. The minimum Gasteiger partial charge on any atom is -0.467 e. The predicted molar refractivity (Wildman–Crippen MR) is 102 cm³/mol. The smallest absolute Gasteiger partial charge is 0.328 e. The lowest BCUT2D eigenvalue weighted by Gasteiger charge is -2.20. The molecule has 2 aromatic rings. The van der Waals surface area contributed by atoms with Crippen molar-refractivity contribution in [2.24, 2.45) is 11.7 Å². The highest BCUT2D eigenvalue weighted by Gasteiger charge is 2.25. The van der Waals surface area contributed by atoms with Gasteiger partial charge in [-0.15, -0.1) is 0 Å². The Hall–Kier alpha value is -2.87. The molecule has 27 heavy (non-hydrogen) atoms. The van der Waals surface area contributed by atoms with Crippen molar-refractivity contribution in [3.05, 3.63) is 36.0 Å². The normalized spacial score (nSPS) is 13.2. The number of nitrogens with one attached hydrogen (secondary N) is 3. The summed E-state index contributed by atoms with van der Waals surface area (Å²) in [5.41, 5.74) is 7.88. The second-order valence-electron chi connectivity index (χ2n) is 6.70. The monoisotopic (exact) mass is 374 g/mol. The van der Waals surface area contributed by atoms with Crippen molar-refractivity contribution < 1.29 is 19.1 Å². The third kappa shape index (κ3) is 5.30. The third-order valence-corrected chi connectivity index (χ3v) is 4.31. The number of fused-ring (bicyclic) bond motifs is 1. The van der Waals surface area contributed by atoms with E-state index in [-0.39, 0.29) is 12.5 Å². The zero-order valence-corrected chi connectivity index (χ0v) is 15.7. The quantitative estimate of drug-likeness (QED) is 0.500. The summed E-state index contributed by atoms with van der Waals surface area (Å²) in [7, 11) is 1.26. The molecule has 146 valence electrons. The predicted octanol–water partition coefficient (Wildman–Crippen LogP) is 0.468. The number of amides is 2. The molecule has 0 saturated carbocycles. The zero-order valence-electron chi connectivity index (χ0n) is 15.7. The lowest BCUT2D eigenvalue weighted by molar-refractivity contribution is -0.146. The molecule has 1 aromatic carbocycles. The number of nitrogens with two attached hydrogens (primary N) is 1. The summed E-state index contributed by atoms with van der Waals surface area (Å²) in [6.07, 6.45) is 2.17. The molecule has 0 aliphatic heterocycles. The van der Waals surface area contributed by atoms with E-state index in [0.717, 1.165) is 16.5 Å². The second kappa shape index (κ2) is 9.18. The van der Waals surface area contributed by atoms with E-state index in [1.807, 2.05) is 30.5 Å². The molecule has 8 heteroatoms. The van der Waals surface area contributed by atoms with Gasteiger partial charge >= 0.3 is 5.97 Å². The van der Waals surface area contributed by atoms with E-state index in [0.29, 0.717) is 6.42 Å². The van der Waals surface area contributed by atoms with Crippen molar-refractivity contribution in [1.29, 1.82) is 0 Å². The van der Waals surface area contributed by atoms with Crippen LogP contribution in [0, 0.1) is 5.92 Å². The molecule has 8 nitrogen and oxygen atoms in total. The molecule has 1 heterocycles. The van der Waals surface area contributed by atoms with Gasteiger partial charge in [-0.1, -0.05) is 32.0 Å². The Bertz CT molecular complexity index is 815. The average Bonchev–Trinajstić information content (AvgIpc) is 3.06. The maximum atomic E-state index is 12.2. The SMILES string of the molecule is COC(=O)[C@H](NC(=O)CNC(=O)[C@@H](N)Cc1c[nH]c2ccccc12)C(C)C. The summed E-state index contributed by atoms with van der Waals surface area (Å²) in [6.45, 7) is 3.32. The molecule has 0 fully saturated rings. The van der Waals surface area contributed by atoms with Gasteiger partial charge in [-0.05, 0) is 24.0 Å². The number of carbonyl (C=O) groups is 3. The molecule has 0 radical (unpaired) electrons. The second-order valence-corrected chi connectivity index (χ2v) is 6.70. The van der Waals surface area contributed by atoms with Crippen LogP contribution in [0.2, 0.25) is 0 Å². The van der Waals surface area contributed by atoms with Crippen molar-refractivity contribution in [3.8, 4) is 0 Å². The summed E-state index contributed by atoms with van der Waals surface area (Å²) in [6, 6.07) is 6.19. The average molecular weight is 374 g/mol. The van der Waals surface area contributed by atoms with Crippen LogP contribution < -0.4 is 16.4 Å². The molecule has 1 aromatic heterocycles. The standard InChI is InChI=1S/C19H26N4O4/c1-11(2)17(19(26)27-3)23-16(24)10-22-18(25)14(20)8-12-9-21-15-7-5-4-6-13(12)15/h4-7,9,11,14,17,21H,8,10,20H2,1-3H3,(H,22,25)(H,23,24)/t14-,17+/m0/s1. The van der Waals surface area contributed by atoms with E-state index >= 15 is 0 Å². The van der Waals surface area contributed by atoms with E-state index in [2.05, 4.69) is 20.4 Å². The van der Waals surface area contributed by atoms with Crippen molar-refractivity contribution in [2.75, 3.05) is 13.7 Å². The minimum atomic E-state index is -0.793. The number of methoxy groups -OCH3 is 1. The van der Waals surface area contributed by atoms with E-state index in [4.69, 9.17) is 5.73 Å². The first kappa shape index (κ1) is 20.4. The molecule has 0 spiro atoms. The highest BCUT2D eigenvalue weighted by Crippen LogP contribution is 2.18. The number of aromatic nitrogens is 1. The first-order valence-corrected chi connectivity index (χ1v) is 8.79. The molecule has 0 aliphatic rings. The Morgan fingerprint density at radius 2 is 1.93 bits per heavy atom. The van der Waals surface area contributed by atoms with Crippen LogP contribution in [0.5, 0.6) is 0 Å². The topological polar surface area (TPSA) is 126 Å². The molecule has 2 atom stereocenters. The fraction of sp³-hybridized carbons (Fsp3) is 0.421. The van der Waals surface area contributed by atoms with Gasteiger partial charge in [0, 0.05) is 17.1 Å². The van der Waals surface area contributed by atoms with Crippen molar-refractivity contribution in [2.45, 2.75) is 32.4 Å². The molecule has 0 aliphatic carbocycles. The molecular weight excluding hydrogens is 348 g/mol. The molecule has 0 unspecified atom stereocenters. The van der Waals surface area contributed by atoms with Gasteiger partial charge in [-0.2, -0.15) is 0 Å². The lowest BCUT2D eigenvalue weighted by atomic mass is 10.0. The fourth-order valence-electron chi connectivity index (χ4n) is 2.78. The molecule has 0 bridgehead atoms. The van der Waals surface area contributed by atoms with Gasteiger partial charge < -0.3 is 26.1 Å². The number of esters is 1. The Balaban J connectivity index is 1.87. The molecule has 2 rings (SSSR count). The molecular formula is C19H26N4O4. The van der Waals surface area contributed by atoms with Gasteiger partial charge in [-0.3, -0.25) is 9.59 Å². The summed E-state index contributed by atoms with van der Waals surface area (Å²) in [5.74, 6) is -1.58. The number of hydrogen-bond acceptors (Lipinski definition) is 5. The maximum Gasteiger partial charge on any atom is 0.328 e. The van der Waals surface area contributed by atoms with Gasteiger partial charge in [0.2, 0.25) is 11.8 Å². The first-order chi connectivity index (χ1) is 12.8. The van der Waals surface area contributed by atoms with Gasteiger partial charge in [0.25, 0.3) is 0 Å². The largest absolute Gasteiger partial charge is 0.467 e. The van der Waals surface area contributed by atoms with Crippen LogP contribution >= 0.6 is 0 Å². The minimum absolute atomic E-state index is 0.138. The molecule has 0 saturated heterocycles. The van der Waals surface area contributed by atoms with Gasteiger partial charge in [-0.25, -0.2) is 4.79 Å². The Labute approximate surface area is 157 Å². The fourth-order valence-corrected chi connectivity index (χ4v) is 2.78. The highest BCUT2D eigenvalue weighted by atomic mass is 16.5. The van der Waals surface area contributed by atoms with Crippen molar-refractivity contribution in [3.63, 3.8) is 0 Å². The van der Waals surface area contributed by atoms with Gasteiger partial charge in [0.1, 0.15) is 6.04 Å². The summed E-state index contributed by atoms with van der Waals surface area (Å²) in [4.78, 5) is 39.0. The van der Waals surface area contributed by atoms with E-state index in [1.54, 1.807) is 13.8 Å². The number of carbonyl (C=O) groups excluding carboxylic acids is 3. The van der Waals surface area contributed by atoms with Gasteiger partial charge in [0.05, 0.1) is 19.7 Å². The maximum absolute atomic E-state index is 12.2. The number of rotatable bonds is 8. The van der Waals surface area contributed by atoms with Crippen LogP contribution in [0.3, 0.4) is 0 Å². The first-order valence-electron chi connectivity index (χ1n) is 8.79. The van der Waals surface area contributed by atoms with Crippen LogP contribution in [-0.4, -0.2) is 48.5 Å². The summed E-state index contributed by atoms with van der Waals surface area (Å²) in [5, 5.41) is 6.07. The third-order valence-electron chi connectivity index (χ3n) is 4.31. The van der Waals surface area contributed by atoms with Crippen LogP contribution in [0.15, 0.2) is 30.5 Å². The number of H-pyrrole nitrogens is 1. The highest BCUT2D eigenvalue weighted by molar-refractivity contribution is 5.90. The van der Waals surface area contributed by atoms with E-state index < -0.39 is 29.9 Å². The van der Waals surface area contributed by atoms with Gasteiger partial charge in [0.15, 0.2) is 0 Å². The van der Waals surface area contributed by atoms with Crippen LogP contribution in [0.25, 0.3) is 10.9 Å². The number of aromatic amines is 1. The van der Waals surface area contributed by atoms with Crippen LogP contribution in [-0.2, 0) is 25.5 Å².